The number of nitrogens with one attached hydrogen (secondary N) is 2. The van der Waals surface area contributed by atoms with Gasteiger partial charge in [-0.05, 0) is 18.9 Å². The highest BCUT2D eigenvalue weighted by Crippen LogP contribution is 2.43. The summed E-state index contributed by atoms with van der Waals surface area (Å²) in [7, 11) is 1.59. The van der Waals surface area contributed by atoms with Gasteiger partial charge in [0.15, 0.2) is 0 Å². The predicted molar refractivity (Wildman–Crippen MR) is 72.2 cm³/mol. The number of hydrogen-bond acceptors (Lipinski definition) is 5. The van der Waals surface area contributed by atoms with E-state index in [-0.39, 0.29) is 5.91 Å². The molecule has 3 rings (SSSR count). The first-order valence-electron chi connectivity index (χ1n) is 6.62. The summed E-state index contributed by atoms with van der Waals surface area (Å²) in [6.45, 7) is 0. The van der Waals surface area contributed by atoms with E-state index in [1.54, 1.807) is 13.1 Å². The molecule has 0 radical (unpaired) electrons. The molecule has 8 nitrogen and oxygen atoms in total. The van der Waals surface area contributed by atoms with Crippen molar-refractivity contribution >= 4 is 11.8 Å². The van der Waals surface area contributed by atoms with Crippen molar-refractivity contribution in [2.75, 3.05) is 7.05 Å². The molecule has 8 heteroatoms. The smallest absolute Gasteiger partial charge is 0.250 e. The Kier molecular flexibility index (Phi) is 3.00. The lowest BCUT2D eigenvalue weighted by Crippen LogP contribution is -2.48. The number of likely N-dealkylation sites (N-methyl/N-ethyl adjacent to an activating group) is 1. The molecule has 21 heavy (non-hydrogen) atoms. The molecular weight excluding hydrogens is 274 g/mol. The Morgan fingerprint density at radius 2 is 2.24 bits per heavy atom. The van der Waals surface area contributed by atoms with Gasteiger partial charge in [0, 0.05) is 13.2 Å². The first-order valence-corrected chi connectivity index (χ1v) is 6.62. The number of hydrogen-bond donors (Lipinski definition) is 3. The summed E-state index contributed by atoms with van der Waals surface area (Å²) >= 11 is 0. The highest BCUT2D eigenvalue weighted by atomic mass is 16.5. The Hall–Kier alpha value is -2.64. The van der Waals surface area contributed by atoms with E-state index in [2.05, 4.69) is 20.4 Å². The number of rotatable bonds is 4. The molecule has 2 amide bonds. The van der Waals surface area contributed by atoms with Gasteiger partial charge in [0.2, 0.25) is 23.5 Å². The molecule has 0 unspecified atom stereocenters. The quantitative estimate of drug-likeness (QED) is 0.747. The van der Waals surface area contributed by atoms with Crippen molar-refractivity contribution in [2.45, 2.75) is 24.7 Å². The first kappa shape index (κ1) is 13.3. The number of aromatic amines is 1. The van der Waals surface area contributed by atoms with Gasteiger partial charge in [-0.3, -0.25) is 9.59 Å². The number of primary amides is 1. The Labute approximate surface area is 120 Å². The van der Waals surface area contributed by atoms with Gasteiger partial charge in [-0.25, -0.2) is 0 Å². The summed E-state index contributed by atoms with van der Waals surface area (Å²) in [5, 5.41) is 6.51. The molecule has 0 spiro atoms. The van der Waals surface area contributed by atoms with Gasteiger partial charge in [-0.1, -0.05) is 11.6 Å². The van der Waals surface area contributed by atoms with Crippen molar-refractivity contribution in [1.29, 1.82) is 0 Å². The molecule has 0 aliphatic heterocycles. The van der Waals surface area contributed by atoms with E-state index in [0.29, 0.717) is 35.8 Å². The van der Waals surface area contributed by atoms with Crippen LogP contribution in [0.4, 0.5) is 0 Å². The number of nitrogens with zero attached hydrogens (tertiary/aromatic N) is 2. The standard InChI is InChI=1S/C13H15N5O3/c1-15-11(20)13(3-2-4-13)12-17-10(18-21-12)8-5-7(6-16-8)9(14)19/h5-6,16H,2-4H2,1H3,(H2,14,19)(H,15,20). The van der Waals surface area contributed by atoms with Crippen LogP contribution in [0.3, 0.4) is 0 Å². The van der Waals surface area contributed by atoms with Crippen LogP contribution in [0.2, 0.25) is 0 Å². The number of nitrogens with two attached hydrogens (primary N) is 1. The van der Waals surface area contributed by atoms with E-state index in [1.165, 1.54) is 6.20 Å². The monoisotopic (exact) mass is 289 g/mol. The van der Waals surface area contributed by atoms with Crippen LogP contribution in [0.15, 0.2) is 16.8 Å². The average molecular weight is 289 g/mol. The average Bonchev–Trinajstić information content (AvgIpc) is 3.05. The summed E-state index contributed by atoms with van der Waals surface area (Å²) in [4.78, 5) is 30.3. The zero-order valence-corrected chi connectivity index (χ0v) is 11.5. The largest absolute Gasteiger partial charge is 0.366 e. The molecule has 2 aromatic heterocycles. The summed E-state index contributed by atoms with van der Waals surface area (Å²) < 4.78 is 5.26. The van der Waals surface area contributed by atoms with Crippen LogP contribution >= 0.6 is 0 Å². The minimum absolute atomic E-state index is 0.117. The molecular formula is C13H15N5O3. The third-order valence-electron chi connectivity index (χ3n) is 3.91. The van der Waals surface area contributed by atoms with E-state index >= 15 is 0 Å². The Morgan fingerprint density at radius 3 is 2.76 bits per heavy atom. The van der Waals surface area contributed by atoms with Gasteiger partial charge < -0.3 is 20.6 Å². The number of amides is 2. The molecule has 110 valence electrons. The second-order valence-corrected chi connectivity index (χ2v) is 5.10. The fourth-order valence-corrected chi connectivity index (χ4v) is 2.50. The fourth-order valence-electron chi connectivity index (χ4n) is 2.50. The second-order valence-electron chi connectivity index (χ2n) is 5.10. The van der Waals surface area contributed by atoms with Crippen molar-refractivity contribution in [2.24, 2.45) is 5.73 Å². The third kappa shape index (κ3) is 1.99. The Morgan fingerprint density at radius 1 is 1.48 bits per heavy atom. The molecule has 0 aromatic carbocycles. The summed E-state index contributed by atoms with van der Waals surface area (Å²) in [6, 6.07) is 1.55. The minimum Gasteiger partial charge on any atom is -0.366 e. The highest BCUT2D eigenvalue weighted by molar-refractivity contribution is 5.93. The fraction of sp³-hybridized carbons (Fsp3) is 0.385. The first-order chi connectivity index (χ1) is 10.1. The zero-order valence-electron chi connectivity index (χ0n) is 11.5. The highest BCUT2D eigenvalue weighted by Gasteiger charge is 2.50. The van der Waals surface area contributed by atoms with Crippen molar-refractivity contribution in [3.05, 3.63) is 23.7 Å². The minimum atomic E-state index is -0.723. The van der Waals surface area contributed by atoms with Crippen LogP contribution in [0.25, 0.3) is 11.5 Å². The van der Waals surface area contributed by atoms with E-state index < -0.39 is 11.3 Å². The van der Waals surface area contributed by atoms with Crippen LogP contribution in [0.1, 0.15) is 35.5 Å². The summed E-state index contributed by atoms with van der Waals surface area (Å²) in [6.07, 6.45) is 3.79. The lowest BCUT2D eigenvalue weighted by Gasteiger charge is -2.35. The molecule has 2 aromatic rings. The summed E-state index contributed by atoms with van der Waals surface area (Å²) in [5.74, 6) is -0.0543. The number of carbonyl (C=O) groups excluding carboxylic acids is 2. The van der Waals surface area contributed by atoms with Gasteiger partial charge in [0.05, 0.1) is 11.3 Å². The van der Waals surface area contributed by atoms with Crippen molar-refractivity contribution in [3.63, 3.8) is 0 Å². The van der Waals surface area contributed by atoms with Crippen molar-refractivity contribution in [1.82, 2.24) is 20.4 Å². The predicted octanol–water partition coefficient (Wildman–Crippen LogP) is 0.331. The Balaban J connectivity index is 1.92. The topological polar surface area (TPSA) is 127 Å². The normalized spacial score (nSPS) is 16.2. The van der Waals surface area contributed by atoms with Crippen molar-refractivity contribution in [3.8, 4) is 11.5 Å². The van der Waals surface area contributed by atoms with Crippen LogP contribution in [-0.4, -0.2) is 34.0 Å². The van der Waals surface area contributed by atoms with E-state index in [4.69, 9.17) is 10.3 Å². The Bertz CT molecular complexity index is 698. The lowest BCUT2D eigenvalue weighted by atomic mass is 9.68. The molecule has 1 aliphatic rings. The SMILES string of the molecule is CNC(=O)C1(c2nc(-c3cc(C(N)=O)c[nH]3)no2)CCC1. The van der Waals surface area contributed by atoms with Crippen LogP contribution in [0, 0.1) is 0 Å². The van der Waals surface area contributed by atoms with Gasteiger partial charge >= 0.3 is 0 Å². The summed E-state index contributed by atoms with van der Waals surface area (Å²) in [5.41, 5.74) is 5.32. The zero-order chi connectivity index (χ0) is 15.0. The van der Waals surface area contributed by atoms with E-state index in [0.717, 1.165) is 6.42 Å². The number of H-pyrrole nitrogens is 1. The van der Waals surface area contributed by atoms with Crippen LogP contribution in [-0.2, 0) is 10.2 Å². The van der Waals surface area contributed by atoms with Crippen molar-refractivity contribution < 1.29 is 14.1 Å². The molecule has 4 N–H and O–H groups in total. The maximum absolute atomic E-state index is 12.0. The van der Waals surface area contributed by atoms with Gasteiger partial charge in [-0.15, -0.1) is 0 Å². The molecule has 0 atom stereocenters. The van der Waals surface area contributed by atoms with Gasteiger partial charge in [-0.2, -0.15) is 4.98 Å². The van der Waals surface area contributed by atoms with Gasteiger partial charge in [0.1, 0.15) is 5.41 Å². The number of aromatic nitrogens is 3. The number of carbonyl (C=O) groups is 2. The third-order valence-corrected chi connectivity index (χ3v) is 3.91. The lowest BCUT2D eigenvalue weighted by molar-refractivity contribution is -0.130. The molecule has 2 heterocycles. The van der Waals surface area contributed by atoms with E-state index in [1.807, 2.05) is 0 Å². The molecule has 0 bridgehead atoms. The molecule has 1 saturated carbocycles. The molecule has 0 saturated heterocycles. The maximum Gasteiger partial charge on any atom is 0.250 e. The second kappa shape index (κ2) is 4.72. The van der Waals surface area contributed by atoms with Crippen LogP contribution < -0.4 is 11.1 Å². The molecule has 1 fully saturated rings. The maximum atomic E-state index is 12.0. The van der Waals surface area contributed by atoms with Crippen LogP contribution in [0.5, 0.6) is 0 Å². The molecule has 1 aliphatic carbocycles. The van der Waals surface area contributed by atoms with Gasteiger partial charge in [0.25, 0.3) is 0 Å². The van der Waals surface area contributed by atoms with E-state index in [9.17, 15) is 9.59 Å².